The van der Waals surface area contributed by atoms with E-state index < -0.39 is 5.92 Å². The molecule has 5 nitrogen and oxygen atoms in total. The number of nitrogens with zero attached hydrogens (tertiary/aromatic N) is 1. The van der Waals surface area contributed by atoms with Crippen LogP contribution in [0.3, 0.4) is 0 Å². The lowest BCUT2D eigenvalue weighted by Crippen LogP contribution is -2.40. The van der Waals surface area contributed by atoms with E-state index in [0.29, 0.717) is 19.8 Å². The Bertz CT molecular complexity index is 661. The van der Waals surface area contributed by atoms with Crippen molar-refractivity contribution < 1.29 is 19.4 Å². The molecule has 0 saturated heterocycles. The molecule has 0 radical (unpaired) electrons. The van der Waals surface area contributed by atoms with Crippen molar-refractivity contribution in [3.63, 3.8) is 0 Å². The minimum Gasteiger partial charge on any atom is -0.396 e. The maximum Gasteiger partial charge on any atom is 0.227 e. The second-order valence-corrected chi connectivity index (χ2v) is 6.78. The van der Waals surface area contributed by atoms with Crippen LogP contribution >= 0.6 is 0 Å². The van der Waals surface area contributed by atoms with Crippen molar-refractivity contribution in [3.05, 3.63) is 71.8 Å². The van der Waals surface area contributed by atoms with Gasteiger partial charge in [0.1, 0.15) is 0 Å². The van der Waals surface area contributed by atoms with Gasteiger partial charge in [0.2, 0.25) is 5.91 Å². The molecule has 2 aromatic rings. The maximum absolute atomic E-state index is 12.6. The van der Waals surface area contributed by atoms with Gasteiger partial charge in [0.25, 0.3) is 0 Å². The summed E-state index contributed by atoms with van der Waals surface area (Å²) in [7, 11) is 3.43. The van der Waals surface area contributed by atoms with Crippen LogP contribution in [-0.2, 0) is 27.5 Å². The first-order valence-electron chi connectivity index (χ1n) is 9.17. The summed E-state index contributed by atoms with van der Waals surface area (Å²) < 4.78 is 11.5. The molecule has 0 aromatic heterocycles. The molecule has 0 unspecified atom stereocenters. The van der Waals surface area contributed by atoms with Crippen LogP contribution in [-0.4, -0.2) is 49.8 Å². The normalized spacial score (nSPS) is 13.1. The summed E-state index contributed by atoms with van der Waals surface area (Å²) in [4.78, 5) is 14.1. The highest BCUT2D eigenvalue weighted by Gasteiger charge is 2.29. The molecular weight excluding hydrogens is 342 g/mol. The summed E-state index contributed by atoms with van der Waals surface area (Å²) in [5.74, 6) is -0.839. The second kappa shape index (κ2) is 11.5. The van der Waals surface area contributed by atoms with E-state index in [-0.39, 0.29) is 25.0 Å². The fraction of sp³-hybridized carbons (Fsp3) is 0.409. The maximum atomic E-state index is 12.6. The molecule has 1 N–H and O–H groups in total. The van der Waals surface area contributed by atoms with Gasteiger partial charge in [-0.1, -0.05) is 60.7 Å². The fourth-order valence-electron chi connectivity index (χ4n) is 2.82. The molecule has 0 aliphatic rings. The van der Waals surface area contributed by atoms with Crippen LogP contribution < -0.4 is 0 Å². The first-order chi connectivity index (χ1) is 13.1. The van der Waals surface area contributed by atoms with Gasteiger partial charge in [-0.05, 0) is 11.1 Å². The molecule has 27 heavy (non-hydrogen) atoms. The summed E-state index contributed by atoms with van der Waals surface area (Å²) in [5, 5.41) is 9.83. The predicted octanol–water partition coefficient (Wildman–Crippen LogP) is 2.73. The number of aliphatic hydroxyl groups is 1. The molecule has 2 atom stereocenters. The van der Waals surface area contributed by atoms with Crippen LogP contribution in [0.5, 0.6) is 0 Å². The van der Waals surface area contributed by atoms with Crippen LogP contribution in [0, 0.1) is 11.8 Å². The van der Waals surface area contributed by atoms with Gasteiger partial charge < -0.3 is 19.5 Å². The molecule has 0 spiro atoms. The molecule has 0 saturated carbocycles. The van der Waals surface area contributed by atoms with Crippen LogP contribution in [0.1, 0.15) is 11.1 Å². The van der Waals surface area contributed by atoms with Gasteiger partial charge in [0, 0.05) is 26.6 Å². The third-order valence-corrected chi connectivity index (χ3v) is 4.41. The topological polar surface area (TPSA) is 59.0 Å². The lowest BCUT2D eigenvalue weighted by molar-refractivity contribution is -0.140. The largest absolute Gasteiger partial charge is 0.396 e. The van der Waals surface area contributed by atoms with Crippen molar-refractivity contribution >= 4 is 5.91 Å². The summed E-state index contributed by atoms with van der Waals surface area (Å²) in [6.45, 7) is 1.29. The standard InChI is InChI=1S/C22H29NO4/c1-23(2)22(25)21(17-27-15-19-11-7-4-8-12-19)20(13-24)16-26-14-18-9-5-3-6-10-18/h3-12,20-21,24H,13-17H2,1-2H3/t20-,21-/m1/s1. The van der Waals surface area contributed by atoms with Crippen molar-refractivity contribution in [3.8, 4) is 0 Å². The summed E-state index contributed by atoms with van der Waals surface area (Å²) in [6, 6.07) is 19.7. The Labute approximate surface area is 161 Å². The Hall–Kier alpha value is -2.21. The van der Waals surface area contributed by atoms with E-state index in [0.717, 1.165) is 11.1 Å². The van der Waals surface area contributed by atoms with E-state index in [1.54, 1.807) is 14.1 Å². The second-order valence-electron chi connectivity index (χ2n) is 6.78. The molecule has 0 fully saturated rings. The van der Waals surface area contributed by atoms with Crippen LogP contribution in [0.2, 0.25) is 0 Å². The summed E-state index contributed by atoms with van der Waals surface area (Å²) in [6.07, 6.45) is 0. The zero-order valence-corrected chi connectivity index (χ0v) is 16.1. The third kappa shape index (κ3) is 7.13. The predicted molar refractivity (Wildman–Crippen MR) is 105 cm³/mol. The minimum absolute atomic E-state index is 0.0644. The minimum atomic E-state index is -0.454. The zero-order chi connectivity index (χ0) is 19.5. The number of hydrogen-bond acceptors (Lipinski definition) is 4. The number of rotatable bonds is 11. The van der Waals surface area contributed by atoms with Crippen LogP contribution in [0.4, 0.5) is 0 Å². The quantitative estimate of drug-likeness (QED) is 0.660. The molecule has 2 aromatic carbocycles. The molecule has 1 amide bonds. The molecule has 0 heterocycles. The lowest BCUT2D eigenvalue weighted by atomic mass is 9.93. The SMILES string of the molecule is CN(C)C(=O)[C@H](COCc1ccccc1)[C@H](CO)COCc1ccccc1. The van der Waals surface area contributed by atoms with Crippen LogP contribution in [0.25, 0.3) is 0 Å². The fourth-order valence-corrected chi connectivity index (χ4v) is 2.82. The molecule has 146 valence electrons. The van der Waals surface area contributed by atoms with Crippen molar-refractivity contribution in [1.29, 1.82) is 0 Å². The number of ether oxygens (including phenoxy) is 2. The first kappa shape index (κ1) is 21.1. The van der Waals surface area contributed by atoms with E-state index in [2.05, 4.69) is 0 Å². The molecule has 5 heteroatoms. The first-order valence-corrected chi connectivity index (χ1v) is 9.17. The van der Waals surface area contributed by atoms with Gasteiger partial charge in [0.15, 0.2) is 0 Å². The molecular formula is C22H29NO4. The summed E-state index contributed by atoms with van der Waals surface area (Å²) in [5.41, 5.74) is 2.11. The smallest absolute Gasteiger partial charge is 0.227 e. The van der Waals surface area contributed by atoms with Gasteiger partial charge in [-0.15, -0.1) is 0 Å². The zero-order valence-electron chi connectivity index (χ0n) is 16.1. The highest BCUT2D eigenvalue weighted by atomic mass is 16.5. The average Bonchev–Trinajstić information content (AvgIpc) is 2.70. The molecule has 0 bridgehead atoms. The Kier molecular flexibility index (Phi) is 8.98. The number of hydrogen-bond donors (Lipinski definition) is 1. The van der Waals surface area contributed by atoms with Crippen molar-refractivity contribution in [2.45, 2.75) is 13.2 Å². The number of carbonyl (C=O) groups excluding carboxylic acids is 1. The Morgan fingerprint density at radius 2 is 1.37 bits per heavy atom. The molecule has 0 aliphatic carbocycles. The van der Waals surface area contributed by atoms with Gasteiger partial charge in [-0.25, -0.2) is 0 Å². The van der Waals surface area contributed by atoms with Gasteiger partial charge in [-0.3, -0.25) is 4.79 Å². The molecule has 2 rings (SSSR count). The number of benzene rings is 2. The Morgan fingerprint density at radius 1 is 0.889 bits per heavy atom. The number of aliphatic hydroxyl groups excluding tert-OH is 1. The van der Waals surface area contributed by atoms with Gasteiger partial charge >= 0.3 is 0 Å². The highest BCUT2D eigenvalue weighted by molar-refractivity contribution is 5.78. The van der Waals surface area contributed by atoms with Gasteiger partial charge in [-0.2, -0.15) is 0 Å². The highest BCUT2D eigenvalue weighted by Crippen LogP contribution is 2.17. The monoisotopic (exact) mass is 371 g/mol. The van der Waals surface area contributed by atoms with Crippen molar-refractivity contribution in [2.24, 2.45) is 11.8 Å². The van der Waals surface area contributed by atoms with Crippen molar-refractivity contribution in [2.75, 3.05) is 33.9 Å². The van der Waals surface area contributed by atoms with E-state index >= 15 is 0 Å². The lowest BCUT2D eigenvalue weighted by Gasteiger charge is -2.27. The van der Waals surface area contributed by atoms with E-state index in [9.17, 15) is 9.90 Å². The average molecular weight is 371 g/mol. The van der Waals surface area contributed by atoms with Crippen LogP contribution in [0.15, 0.2) is 60.7 Å². The van der Waals surface area contributed by atoms with Crippen molar-refractivity contribution in [1.82, 2.24) is 4.90 Å². The summed E-state index contributed by atoms with van der Waals surface area (Å²) >= 11 is 0. The number of amides is 1. The van der Waals surface area contributed by atoms with E-state index in [1.807, 2.05) is 60.7 Å². The number of carbonyl (C=O) groups is 1. The Morgan fingerprint density at radius 3 is 1.81 bits per heavy atom. The van der Waals surface area contributed by atoms with Gasteiger partial charge in [0.05, 0.1) is 32.3 Å². The third-order valence-electron chi connectivity index (χ3n) is 4.41. The van der Waals surface area contributed by atoms with E-state index in [1.165, 1.54) is 4.90 Å². The molecule has 0 aliphatic heterocycles. The van der Waals surface area contributed by atoms with E-state index in [4.69, 9.17) is 9.47 Å². The Balaban J connectivity index is 1.91.